The lowest BCUT2D eigenvalue weighted by atomic mass is 9.96. The number of piperidine rings is 2. The van der Waals surface area contributed by atoms with Gasteiger partial charge >= 0.3 is 0 Å². The molecule has 2 heterocycles. The third-order valence-corrected chi connectivity index (χ3v) is 4.56. The molecule has 1 unspecified atom stereocenters. The van der Waals surface area contributed by atoms with Gasteiger partial charge in [0.15, 0.2) is 0 Å². The summed E-state index contributed by atoms with van der Waals surface area (Å²) >= 11 is 0. The topological polar surface area (TPSA) is 24.5 Å². The van der Waals surface area contributed by atoms with Crippen LogP contribution in [0.15, 0.2) is 24.3 Å². The third-order valence-electron chi connectivity index (χ3n) is 4.56. The monoisotopic (exact) mass is 274 g/mol. The van der Waals surface area contributed by atoms with E-state index in [0.29, 0.717) is 12.1 Å². The molecule has 3 rings (SSSR count). The van der Waals surface area contributed by atoms with Crippen molar-refractivity contribution in [1.82, 2.24) is 10.2 Å². The average Bonchev–Trinajstić information content (AvgIpc) is 2.51. The Kier molecular flexibility index (Phi) is 4.58. The van der Waals surface area contributed by atoms with Crippen LogP contribution in [0.3, 0.4) is 0 Å². The highest BCUT2D eigenvalue weighted by Gasteiger charge is 2.22. The Labute approximate surface area is 122 Å². The molecule has 2 aliphatic heterocycles. The Bertz CT molecular complexity index is 421. The zero-order valence-corrected chi connectivity index (χ0v) is 12.5. The van der Waals surface area contributed by atoms with Crippen molar-refractivity contribution in [1.29, 1.82) is 0 Å². The summed E-state index contributed by atoms with van der Waals surface area (Å²) in [7, 11) is 2.19. The molecular formula is C17H26N2O. The van der Waals surface area contributed by atoms with Crippen molar-refractivity contribution in [3.05, 3.63) is 29.8 Å². The number of benzene rings is 1. The van der Waals surface area contributed by atoms with Crippen LogP contribution in [0.4, 0.5) is 0 Å². The molecule has 2 aliphatic rings. The lowest BCUT2D eigenvalue weighted by Crippen LogP contribution is -2.36. The Morgan fingerprint density at radius 1 is 1.10 bits per heavy atom. The largest absolute Gasteiger partial charge is 0.490 e. The highest BCUT2D eigenvalue weighted by molar-refractivity contribution is 5.36. The molecule has 1 atom stereocenters. The maximum atomic E-state index is 6.32. The first-order chi connectivity index (χ1) is 9.83. The molecule has 1 aromatic rings. The number of hydrogen-bond donors (Lipinski definition) is 1. The number of nitrogens with zero attached hydrogens (tertiary/aromatic N) is 1. The predicted octanol–water partition coefficient (Wildman–Crippen LogP) is 2.97. The Morgan fingerprint density at radius 3 is 2.65 bits per heavy atom. The van der Waals surface area contributed by atoms with Crippen molar-refractivity contribution >= 4 is 0 Å². The maximum absolute atomic E-state index is 6.32. The van der Waals surface area contributed by atoms with Crippen molar-refractivity contribution in [2.75, 3.05) is 26.7 Å². The molecule has 110 valence electrons. The van der Waals surface area contributed by atoms with Crippen LogP contribution in [0.25, 0.3) is 0 Å². The number of ether oxygens (including phenoxy) is 1. The van der Waals surface area contributed by atoms with Gasteiger partial charge in [-0.3, -0.25) is 0 Å². The standard InChI is InChI=1S/C17H26N2O/c1-19-12-9-14(10-13-19)20-17-8-3-2-6-15(17)16-7-4-5-11-18-16/h2-3,6,8,14,16,18H,4-5,7,9-13H2,1H3. The Hall–Kier alpha value is -1.06. The van der Waals surface area contributed by atoms with Crippen LogP contribution in [-0.4, -0.2) is 37.7 Å². The van der Waals surface area contributed by atoms with Gasteiger partial charge in [0.25, 0.3) is 0 Å². The number of nitrogens with one attached hydrogen (secondary N) is 1. The van der Waals surface area contributed by atoms with E-state index in [1.807, 2.05) is 0 Å². The molecule has 0 spiro atoms. The normalized spacial score (nSPS) is 25.6. The van der Waals surface area contributed by atoms with Gasteiger partial charge in [0, 0.05) is 24.7 Å². The number of rotatable bonds is 3. The van der Waals surface area contributed by atoms with Crippen molar-refractivity contribution in [2.45, 2.75) is 44.2 Å². The van der Waals surface area contributed by atoms with E-state index in [9.17, 15) is 0 Å². The SMILES string of the molecule is CN1CCC(Oc2ccccc2C2CCCCN2)CC1. The molecule has 1 N–H and O–H groups in total. The van der Waals surface area contributed by atoms with Crippen molar-refractivity contribution < 1.29 is 4.74 Å². The molecular weight excluding hydrogens is 248 g/mol. The van der Waals surface area contributed by atoms with Gasteiger partial charge in [0.2, 0.25) is 0 Å². The molecule has 20 heavy (non-hydrogen) atoms. The molecule has 2 saturated heterocycles. The minimum atomic E-state index is 0.385. The lowest BCUT2D eigenvalue weighted by Gasteiger charge is -2.31. The van der Waals surface area contributed by atoms with Crippen LogP contribution < -0.4 is 10.1 Å². The van der Waals surface area contributed by atoms with Gasteiger partial charge in [-0.05, 0) is 45.3 Å². The fourth-order valence-electron chi connectivity index (χ4n) is 3.28. The highest BCUT2D eigenvalue weighted by Crippen LogP contribution is 2.31. The quantitative estimate of drug-likeness (QED) is 0.917. The smallest absolute Gasteiger partial charge is 0.124 e. The fourth-order valence-corrected chi connectivity index (χ4v) is 3.28. The summed E-state index contributed by atoms with van der Waals surface area (Å²) in [5, 5.41) is 3.63. The lowest BCUT2D eigenvalue weighted by molar-refractivity contribution is 0.112. The molecule has 3 heteroatoms. The zero-order valence-electron chi connectivity index (χ0n) is 12.5. The van der Waals surface area contributed by atoms with Crippen LogP contribution in [0.1, 0.15) is 43.7 Å². The molecule has 0 radical (unpaired) electrons. The molecule has 2 fully saturated rings. The van der Waals surface area contributed by atoms with Crippen molar-refractivity contribution in [2.24, 2.45) is 0 Å². The van der Waals surface area contributed by atoms with Crippen LogP contribution in [0, 0.1) is 0 Å². The van der Waals surface area contributed by atoms with E-state index in [4.69, 9.17) is 4.74 Å². The van der Waals surface area contributed by atoms with Gasteiger partial charge in [-0.15, -0.1) is 0 Å². The summed E-state index contributed by atoms with van der Waals surface area (Å²) in [6, 6.07) is 9.08. The van der Waals surface area contributed by atoms with Crippen molar-refractivity contribution in [3.63, 3.8) is 0 Å². The molecule has 1 aromatic carbocycles. The number of para-hydroxylation sites is 1. The third kappa shape index (κ3) is 3.33. The highest BCUT2D eigenvalue weighted by atomic mass is 16.5. The average molecular weight is 274 g/mol. The number of likely N-dealkylation sites (tertiary alicyclic amines) is 1. The molecule has 0 bridgehead atoms. The zero-order chi connectivity index (χ0) is 13.8. The van der Waals surface area contributed by atoms with E-state index >= 15 is 0 Å². The maximum Gasteiger partial charge on any atom is 0.124 e. The summed E-state index contributed by atoms with van der Waals surface area (Å²) in [6.07, 6.45) is 6.52. The molecule has 3 nitrogen and oxygen atoms in total. The van der Waals surface area contributed by atoms with Crippen LogP contribution in [0.5, 0.6) is 5.75 Å². The van der Waals surface area contributed by atoms with E-state index in [2.05, 4.69) is 41.5 Å². The second-order valence-corrected chi connectivity index (χ2v) is 6.16. The molecule has 0 aliphatic carbocycles. The van der Waals surface area contributed by atoms with Crippen molar-refractivity contribution in [3.8, 4) is 5.75 Å². The van der Waals surface area contributed by atoms with Crippen LogP contribution in [0.2, 0.25) is 0 Å². The Morgan fingerprint density at radius 2 is 1.90 bits per heavy atom. The van der Waals surface area contributed by atoms with Gasteiger partial charge in [-0.2, -0.15) is 0 Å². The second-order valence-electron chi connectivity index (χ2n) is 6.16. The summed E-state index contributed by atoms with van der Waals surface area (Å²) < 4.78 is 6.32. The summed E-state index contributed by atoms with van der Waals surface area (Å²) in [5.41, 5.74) is 1.35. The van der Waals surface area contributed by atoms with Gasteiger partial charge in [0.1, 0.15) is 11.9 Å². The van der Waals surface area contributed by atoms with Gasteiger partial charge in [-0.25, -0.2) is 0 Å². The Balaban J connectivity index is 1.69. The summed E-state index contributed by atoms with van der Waals surface area (Å²) in [5.74, 6) is 1.10. The predicted molar refractivity (Wildman–Crippen MR) is 82.2 cm³/mol. The van der Waals surface area contributed by atoms with E-state index < -0.39 is 0 Å². The summed E-state index contributed by atoms with van der Waals surface area (Å²) in [6.45, 7) is 3.43. The van der Waals surface area contributed by atoms with E-state index in [1.54, 1.807) is 0 Å². The van der Waals surface area contributed by atoms with Gasteiger partial charge < -0.3 is 15.0 Å². The van der Waals surface area contributed by atoms with Gasteiger partial charge in [-0.1, -0.05) is 24.6 Å². The van der Waals surface area contributed by atoms with E-state index in [-0.39, 0.29) is 0 Å². The molecule has 0 aromatic heterocycles. The van der Waals surface area contributed by atoms with Gasteiger partial charge in [0.05, 0.1) is 0 Å². The van der Waals surface area contributed by atoms with Crippen LogP contribution >= 0.6 is 0 Å². The first-order valence-corrected chi connectivity index (χ1v) is 8.00. The number of hydrogen-bond acceptors (Lipinski definition) is 3. The molecule has 0 saturated carbocycles. The second kappa shape index (κ2) is 6.59. The molecule has 0 amide bonds. The minimum absolute atomic E-state index is 0.385. The van der Waals surface area contributed by atoms with E-state index in [1.165, 1.54) is 24.8 Å². The fraction of sp³-hybridized carbons (Fsp3) is 0.647. The van der Waals surface area contributed by atoms with Crippen LogP contribution in [-0.2, 0) is 0 Å². The summed E-state index contributed by atoms with van der Waals surface area (Å²) in [4.78, 5) is 2.38. The van der Waals surface area contributed by atoms with E-state index in [0.717, 1.165) is 38.2 Å². The first kappa shape index (κ1) is 13.9. The minimum Gasteiger partial charge on any atom is -0.490 e. The first-order valence-electron chi connectivity index (χ1n) is 8.00.